The number of hydrogen-bond donors (Lipinski definition) is 1. The Morgan fingerprint density at radius 1 is 0.971 bits per heavy atom. The molecule has 2 aromatic carbocycles. The summed E-state index contributed by atoms with van der Waals surface area (Å²) in [7, 11) is 3.11. The molecule has 0 saturated carbocycles. The van der Waals surface area contributed by atoms with Crippen molar-refractivity contribution in [2.24, 2.45) is 5.92 Å². The molecule has 1 N–H and O–H groups in total. The Bertz CT molecular complexity index is 973. The van der Waals surface area contributed by atoms with Gasteiger partial charge in [-0.05, 0) is 55.5 Å². The molecule has 1 unspecified atom stereocenters. The van der Waals surface area contributed by atoms with Crippen LogP contribution in [0.4, 0.5) is 0 Å². The van der Waals surface area contributed by atoms with Gasteiger partial charge in [0, 0.05) is 43.8 Å². The van der Waals surface area contributed by atoms with Crippen LogP contribution in [0.5, 0.6) is 17.2 Å². The summed E-state index contributed by atoms with van der Waals surface area (Å²) in [5, 5.41) is 3.03. The molecule has 0 aromatic heterocycles. The van der Waals surface area contributed by atoms with Gasteiger partial charge in [-0.3, -0.25) is 9.59 Å². The molecule has 2 amide bonds. The van der Waals surface area contributed by atoms with Gasteiger partial charge in [-0.1, -0.05) is 12.1 Å². The monoisotopic (exact) mass is 482 g/mol. The molecule has 8 nitrogen and oxygen atoms in total. The van der Waals surface area contributed by atoms with Gasteiger partial charge in [0.05, 0.1) is 20.3 Å². The second-order valence-electron chi connectivity index (χ2n) is 8.98. The number of nitrogens with zero attached hydrogens (tertiary/aromatic N) is 1. The molecular formula is C27H34N2O6. The molecule has 8 heteroatoms. The largest absolute Gasteiger partial charge is 0.497 e. The lowest BCUT2D eigenvalue weighted by atomic mass is 9.95. The first-order chi connectivity index (χ1) is 17.1. The van der Waals surface area contributed by atoms with Crippen LogP contribution in [0.2, 0.25) is 0 Å². The van der Waals surface area contributed by atoms with E-state index < -0.39 is 0 Å². The number of hydrogen-bond acceptors (Lipinski definition) is 6. The molecular weight excluding hydrogens is 448 g/mol. The zero-order chi connectivity index (χ0) is 24.6. The predicted octanol–water partition coefficient (Wildman–Crippen LogP) is 3.43. The summed E-state index contributed by atoms with van der Waals surface area (Å²) in [6.07, 6.45) is 3.60. The third kappa shape index (κ3) is 6.66. The van der Waals surface area contributed by atoms with Gasteiger partial charge in [0.15, 0.2) is 0 Å². The topological polar surface area (TPSA) is 86.3 Å². The Morgan fingerprint density at radius 3 is 2.26 bits per heavy atom. The molecule has 2 aromatic rings. The summed E-state index contributed by atoms with van der Waals surface area (Å²) in [6.45, 7) is 2.93. The van der Waals surface area contributed by atoms with Gasteiger partial charge in [-0.25, -0.2) is 0 Å². The first kappa shape index (κ1) is 24.9. The Morgan fingerprint density at radius 2 is 1.66 bits per heavy atom. The van der Waals surface area contributed by atoms with Gasteiger partial charge < -0.3 is 29.2 Å². The second kappa shape index (κ2) is 11.9. The maximum absolute atomic E-state index is 13.0. The highest BCUT2D eigenvalue weighted by atomic mass is 16.5. The Labute approximate surface area is 206 Å². The molecule has 2 saturated heterocycles. The number of benzene rings is 2. The lowest BCUT2D eigenvalue weighted by molar-refractivity contribution is -0.126. The zero-order valence-corrected chi connectivity index (χ0v) is 20.5. The van der Waals surface area contributed by atoms with E-state index >= 15 is 0 Å². The van der Waals surface area contributed by atoms with Gasteiger partial charge in [0.25, 0.3) is 5.91 Å². The van der Waals surface area contributed by atoms with Crippen molar-refractivity contribution in [3.63, 3.8) is 0 Å². The van der Waals surface area contributed by atoms with Gasteiger partial charge in [0.1, 0.15) is 23.9 Å². The van der Waals surface area contributed by atoms with Crippen molar-refractivity contribution in [1.82, 2.24) is 10.2 Å². The van der Waals surface area contributed by atoms with Crippen LogP contribution in [0, 0.1) is 5.92 Å². The van der Waals surface area contributed by atoms with Gasteiger partial charge in [0.2, 0.25) is 5.91 Å². The summed E-state index contributed by atoms with van der Waals surface area (Å²) in [6, 6.07) is 12.9. The van der Waals surface area contributed by atoms with Crippen LogP contribution in [0.3, 0.4) is 0 Å². The second-order valence-corrected chi connectivity index (χ2v) is 8.98. The fraction of sp³-hybridized carbons (Fsp3) is 0.481. The summed E-state index contributed by atoms with van der Waals surface area (Å²) in [4.78, 5) is 27.5. The number of piperidine rings is 1. The van der Waals surface area contributed by atoms with Crippen molar-refractivity contribution < 1.29 is 28.5 Å². The number of ether oxygens (including phenoxy) is 4. The molecule has 188 valence electrons. The highest BCUT2D eigenvalue weighted by molar-refractivity contribution is 5.95. The molecule has 1 atom stereocenters. The maximum atomic E-state index is 13.0. The van der Waals surface area contributed by atoms with E-state index in [9.17, 15) is 9.59 Å². The first-order valence-corrected chi connectivity index (χ1v) is 12.2. The van der Waals surface area contributed by atoms with Crippen LogP contribution < -0.4 is 19.5 Å². The molecule has 2 aliphatic heterocycles. The Hall–Kier alpha value is -3.26. The fourth-order valence-electron chi connectivity index (χ4n) is 4.46. The van der Waals surface area contributed by atoms with Crippen molar-refractivity contribution in [2.75, 3.05) is 40.5 Å². The van der Waals surface area contributed by atoms with Crippen LogP contribution in [-0.2, 0) is 16.1 Å². The summed E-state index contributed by atoms with van der Waals surface area (Å²) in [5.41, 5.74) is 1.54. The van der Waals surface area contributed by atoms with E-state index in [1.165, 1.54) is 0 Å². The minimum Gasteiger partial charge on any atom is -0.497 e. The Balaban J connectivity index is 1.21. The standard InChI is InChI=1S/C27H34N2O6/c1-32-24-14-21(15-25(16-24)33-2)27(31)29-11-9-20(10-12-29)26(30)28-17-19-5-7-22(8-6-19)35-18-23-4-3-13-34-23/h5-8,14-16,20,23H,3-4,9-13,17-18H2,1-2H3,(H,28,30). The maximum Gasteiger partial charge on any atom is 0.254 e. The van der Waals surface area contributed by atoms with Gasteiger partial charge in [-0.15, -0.1) is 0 Å². The van der Waals surface area contributed by atoms with E-state index in [1.54, 1.807) is 37.3 Å². The van der Waals surface area contributed by atoms with E-state index in [0.717, 1.165) is 30.8 Å². The minimum atomic E-state index is -0.104. The third-order valence-electron chi connectivity index (χ3n) is 6.60. The normalized spacial score (nSPS) is 18.2. The van der Waals surface area contributed by atoms with E-state index in [0.29, 0.717) is 56.1 Å². The van der Waals surface area contributed by atoms with Crippen molar-refractivity contribution in [3.8, 4) is 17.2 Å². The zero-order valence-electron chi connectivity index (χ0n) is 20.5. The van der Waals surface area contributed by atoms with E-state index in [4.69, 9.17) is 18.9 Å². The lowest BCUT2D eigenvalue weighted by Gasteiger charge is -2.31. The van der Waals surface area contributed by atoms with Gasteiger partial charge in [-0.2, -0.15) is 0 Å². The van der Waals surface area contributed by atoms with Crippen LogP contribution in [0.25, 0.3) is 0 Å². The molecule has 0 aliphatic carbocycles. The van der Waals surface area contributed by atoms with Crippen LogP contribution in [-0.4, -0.2) is 63.3 Å². The van der Waals surface area contributed by atoms with Crippen molar-refractivity contribution >= 4 is 11.8 Å². The average molecular weight is 483 g/mol. The Kier molecular flexibility index (Phi) is 8.47. The van der Waals surface area contributed by atoms with Crippen molar-refractivity contribution in [1.29, 1.82) is 0 Å². The highest BCUT2D eigenvalue weighted by Crippen LogP contribution is 2.25. The lowest BCUT2D eigenvalue weighted by Crippen LogP contribution is -2.42. The highest BCUT2D eigenvalue weighted by Gasteiger charge is 2.28. The molecule has 0 spiro atoms. The SMILES string of the molecule is COc1cc(OC)cc(C(=O)N2CCC(C(=O)NCc3ccc(OCC4CCCO4)cc3)CC2)c1. The van der Waals surface area contributed by atoms with E-state index in [-0.39, 0.29) is 23.8 Å². The molecule has 35 heavy (non-hydrogen) atoms. The predicted molar refractivity (Wildman–Crippen MR) is 131 cm³/mol. The first-order valence-electron chi connectivity index (χ1n) is 12.2. The number of carbonyl (C=O) groups is 2. The van der Waals surface area contributed by atoms with Crippen molar-refractivity contribution in [3.05, 3.63) is 53.6 Å². The summed E-state index contributed by atoms with van der Waals surface area (Å²) < 4.78 is 21.9. The van der Waals surface area contributed by atoms with Gasteiger partial charge >= 0.3 is 0 Å². The number of nitrogens with one attached hydrogen (secondary N) is 1. The number of rotatable bonds is 9. The van der Waals surface area contributed by atoms with Crippen molar-refractivity contribution in [2.45, 2.75) is 38.3 Å². The molecule has 2 aliphatic rings. The summed E-state index contributed by atoms with van der Waals surface area (Å²) in [5.74, 6) is 1.80. The molecule has 0 bridgehead atoms. The minimum absolute atomic E-state index is 0.0267. The molecule has 0 radical (unpaired) electrons. The average Bonchev–Trinajstić information content (AvgIpc) is 3.44. The molecule has 2 heterocycles. The van der Waals surface area contributed by atoms with Crippen LogP contribution in [0.15, 0.2) is 42.5 Å². The van der Waals surface area contributed by atoms with Crippen LogP contribution in [0.1, 0.15) is 41.6 Å². The molecule has 2 fully saturated rings. The molecule has 4 rings (SSSR count). The number of likely N-dealkylation sites (tertiary alicyclic amines) is 1. The van der Waals surface area contributed by atoms with E-state index in [2.05, 4.69) is 5.32 Å². The summed E-state index contributed by atoms with van der Waals surface area (Å²) >= 11 is 0. The quantitative estimate of drug-likeness (QED) is 0.589. The number of amides is 2. The van der Waals surface area contributed by atoms with E-state index in [1.807, 2.05) is 24.3 Å². The van der Waals surface area contributed by atoms with Crippen LogP contribution >= 0.6 is 0 Å². The fourth-order valence-corrected chi connectivity index (χ4v) is 4.46. The number of carbonyl (C=O) groups excluding carboxylic acids is 2. The number of methoxy groups -OCH3 is 2. The smallest absolute Gasteiger partial charge is 0.254 e. The third-order valence-corrected chi connectivity index (χ3v) is 6.60.